The zero-order chi connectivity index (χ0) is 20.0. The number of hydrogen-bond acceptors (Lipinski definition) is 3. The van der Waals surface area contributed by atoms with E-state index in [9.17, 15) is 9.59 Å². The number of nitrogens with zero attached hydrogens (tertiary/aromatic N) is 1. The molecule has 2 rings (SSSR count). The maximum absolute atomic E-state index is 12.2. The molecule has 0 unspecified atom stereocenters. The summed E-state index contributed by atoms with van der Waals surface area (Å²) in [7, 11) is 0. The van der Waals surface area contributed by atoms with Gasteiger partial charge in [-0.05, 0) is 49.1 Å². The molecule has 0 fully saturated rings. The van der Waals surface area contributed by atoms with Crippen LogP contribution in [0.5, 0.6) is 0 Å². The average Bonchev–Trinajstić information content (AvgIpc) is 2.62. The molecule has 0 radical (unpaired) electrons. The first-order valence-corrected chi connectivity index (χ1v) is 8.52. The molecule has 1 atom stereocenters. The third-order valence-electron chi connectivity index (χ3n) is 4.16. The highest BCUT2D eigenvalue weighted by Gasteiger charge is 2.12. The lowest BCUT2D eigenvalue weighted by atomic mass is 10.0. The van der Waals surface area contributed by atoms with Gasteiger partial charge < -0.3 is 21.9 Å². The molecule has 2 aromatic rings. The largest absolute Gasteiger partial charge is 0.480 e. The standard InChI is InChI=1S/C20H24N4O3/c1-12-3-4-13(2)16(9-12)11-23-20(22)24-18(25)15-7-5-14(6-8-15)10-17(21)19(26)27/h3-9,17H,10-11,21H2,1-2H3,(H,26,27)(H3,22,23,24,25)/t17-/m0/s1. The van der Waals surface area contributed by atoms with Crippen molar-refractivity contribution in [2.75, 3.05) is 0 Å². The van der Waals surface area contributed by atoms with Gasteiger partial charge in [0.25, 0.3) is 5.91 Å². The lowest BCUT2D eigenvalue weighted by Gasteiger charge is -2.09. The van der Waals surface area contributed by atoms with Gasteiger partial charge in [0.05, 0.1) is 0 Å². The Morgan fingerprint density at radius 1 is 1.15 bits per heavy atom. The van der Waals surface area contributed by atoms with Gasteiger partial charge in [0, 0.05) is 12.1 Å². The van der Waals surface area contributed by atoms with E-state index in [-0.39, 0.29) is 12.4 Å². The fourth-order valence-corrected chi connectivity index (χ4v) is 2.51. The number of nitrogens with one attached hydrogen (secondary N) is 1. The van der Waals surface area contributed by atoms with Gasteiger partial charge in [-0.15, -0.1) is 0 Å². The Kier molecular flexibility index (Phi) is 6.67. The van der Waals surface area contributed by atoms with E-state index < -0.39 is 17.9 Å². The van der Waals surface area contributed by atoms with Crippen molar-refractivity contribution in [2.24, 2.45) is 16.5 Å². The third kappa shape index (κ3) is 5.93. The molecular formula is C20H24N4O3. The summed E-state index contributed by atoms with van der Waals surface area (Å²) in [6.07, 6.45) is 0.187. The molecule has 0 spiro atoms. The molecular weight excluding hydrogens is 344 g/mol. The van der Waals surface area contributed by atoms with Crippen LogP contribution in [0.2, 0.25) is 0 Å². The number of amides is 1. The van der Waals surface area contributed by atoms with E-state index in [1.165, 1.54) is 0 Å². The number of aliphatic carboxylic acids is 1. The second-order valence-electron chi connectivity index (χ2n) is 6.43. The Labute approximate surface area is 158 Å². The van der Waals surface area contributed by atoms with Gasteiger partial charge in [-0.3, -0.25) is 9.59 Å². The summed E-state index contributed by atoms with van der Waals surface area (Å²) in [5.41, 5.74) is 15.8. The molecule has 0 aliphatic rings. The summed E-state index contributed by atoms with van der Waals surface area (Å²) < 4.78 is 0. The van der Waals surface area contributed by atoms with Gasteiger partial charge in [0.2, 0.25) is 0 Å². The van der Waals surface area contributed by atoms with E-state index >= 15 is 0 Å². The predicted molar refractivity (Wildman–Crippen MR) is 104 cm³/mol. The zero-order valence-corrected chi connectivity index (χ0v) is 15.4. The van der Waals surface area contributed by atoms with Crippen molar-refractivity contribution < 1.29 is 14.7 Å². The van der Waals surface area contributed by atoms with Crippen LogP contribution in [0.1, 0.15) is 32.6 Å². The maximum atomic E-state index is 12.2. The van der Waals surface area contributed by atoms with Crippen molar-refractivity contribution in [1.29, 1.82) is 0 Å². The fourth-order valence-electron chi connectivity index (χ4n) is 2.51. The van der Waals surface area contributed by atoms with Crippen molar-refractivity contribution >= 4 is 17.8 Å². The van der Waals surface area contributed by atoms with Crippen molar-refractivity contribution in [3.05, 3.63) is 70.3 Å². The number of aliphatic imine (C=N–C) groups is 1. The minimum absolute atomic E-state index is 0.0397. The van der Waals surface area contributed by atoms with Gasteiger partial charge in [-0.25, -0.2) is 0 Å². The summed E-state index contributed by atoms with van der Waals surface area (Å²) in [4.78, 5) is 26.8. The molecule has 1 amide bonds. The number of aryl methyl sites for hydroxylation is 2. The molecule has 0 saturated heterocycles. The number of benzene rings is 2. The first-order chi connectivity index (χ1) is 12.8. The molecule has 0 aliphatic heterocycles. The topological polar surface area (TPSA) is 131 Å². The number of carboxylic acid groups (broad SMARTS) is 1. The molecule has 27 heavy (non-hydrogen) atoms. The van der Waals surface area contributed by atoms with E-state index in [4.69, 9.17) is 16.6 Å². The molecule has 0 heterocycles. The van der Waals surface area contributed by atoms with Crippen LogP contribution in [0, 0.1) is 13.8 Å². The van der Waals surface area contributed by atoms with Crippen molar-refractivity contribution in [2.45, 2.75) is 32.9 Å². The maximum Gasteiger partial charge on any atom is 0.320 e. The Hall–Kier alpha value is -3.19. The first-order valence-electron chi connectivity index (χ1n) is 8.52. The van der Waals surface area contributed by atoms with Crippen LogP contribution in [0.25, 0.3) is 0 Å². The lowest BCUT2D eigenvalue weighted by molar-refractivity contribution is -0.138. The third-order valence-corrected chi connectivity index (χ3v) is 4.16. The lowest BCUT2D eigenvalue weighted by Crippen LogP contribution is -2.32. The molecule has 6 N–H and O–H groups in total. The second-order valence-corrected chi connectivity index (χ2v) is 6.43. The molecule has 0 bridgehead atoms. The van der Waals surface area contributed by atoms with Gasteiger partial charge >= 0.3 is 5.97 Å². The van der Waals surface area contributed by atoms with Gasteiger partial charge in [0.15, 0.2) is 5.96 Å². The smallest absolute Gasteiger partial charge is 0.320 e. The van der Waals surface area contributed by atoms with E-state index in [1.54, 1.807) is 24.3 Å². The number of carboxylic acids is 1. The summed E-state index contributed by atoms with van der Waals surface area (Å²) in [6, 6.07) is 11.6. The SMILES string of the molecule is Cc1ccc(C)c(CN/C(N)=N/C(=O)c2ccc(C[C@H](N)C(=O)O)cc2)c1. The van der Waals surface area contributed by atoms with Crippen LogP contribution in [-0.2, 0) is 17.8 Å². The fraction of sp³-hybridized carbons (Fsp3) is 0.250. The van der Waals surface area contributed by atoms with Gasteiger partial charge in [0.1, 0.15) is 6.04 Å². The Morgan fingerprint density at radius 2 is 1.81 bits per heavy atom. The summed E-state index contributed by atoms with van der Waals surface area (Å²) in [5.74, 6) is -1.50. The summed E-state index contributed by atoms with van der Waals surface area (Å²) in [5, 5.41) is 11.8. The van der Waals surface area contributed by atoms with E-state index in [1.807, 2.05) is 26.0 Å². The second kappa shape index (κ2) is 8.95. The number of guanidine groups is 1. The number of rotatable bonds is 6. The quantitative estimate of drug-likeness (QED) is 0.451. The highest BCUT2D eigenvalue weighted by molar-refractivity contribution is 6.02. The molecule has 7 heteroatoms. The molecule has 0 saturated carbocycles. The van der Waals surface area contributed by atoms with Crippen LogP contribution in [0.3, 0.4) is 0 Å². The van der Waals surface area contributed by atoms with E-state index in [2.05, 4.69) is 16.4 Å². The van der Waals surface area contributed by atoms with Crippen LogP contribution in [0.4, 0.5) is 0 Å². The Morgan fingerprint density at radius 3 is 2.44 bits per heavy atom. The van der Waals surface area contributed by atoms with E-state index in [0.717, 1.165) is 22.3 Å². The molecule has 7 nitrogen and oxygen atoms in total. The highest BCUT2D eigenvalue weighted by atomic mass is 16.4. The van der Waals surface area contributed by atoms with Crippen LogP contribution in [0.15, 0.2) is 47.5 Å². The van der Waals surface area contributed by atoms with Gasteiger partial charge in [-0.2, -0.15) is 4.99 Å². The number of carbonyl (C=O) groups is 2. The Bertz CT molecular complexity index is 860. The van der Waals surface area contributed by atoms with Crippen molar-refractivity contribution in [3.63, 3.8) is 0 Å². The summed E-state index contributed by atoms with van der Waals surface area (Å²) in [6.45, 7) is 4.49. The predicted octanol–water partition coefficient (Wildman–Crippen LogP) is 1.50. The monoisotopic (exact) mass is 368 g/mol. The van der Waals surface area contributed by atoms with Crippen molar-refractivity contribution in [1.82, 2.24) is 5.32 Å². The Balaban J connectivity index is 1.98. The number of hydrogen-bond donors (Lipinski definition) is 4. The first kappa shape index (κ1) is 20.1. The number of carbonyl (C=O) groups excluding carboxylic acids is 1. The molecule has 0 aromatic heterocycles. The van der Waals surface area contributed by atoms with Crippen LogP contribution >= 0.6 is 0 Å². The van der Waals surface area contributed by atoms with Crippen LogP contribution < -0.4 is 16.8 Å². The molecule has 142 valence electrons. The minimum Gasteiger partial charge on any atom is -0.480 e. The minimum atomic E-state index is -1.07. The normalized spacial score (nSPS) is 12.5. The van der Waals surface area contributed by atoms with E-state index in [0.29, 0.717) is 12.1 Å². The molecule has 2 aromatic carbocycles. The number of nitrogens with two attached hydrogens (primary N) is 2. The average molecular weight is 368 g/mol. The van der Waals surface area contributed by atoms with Crippen molar-refractivity contribution in [3.8, 4) is 0 Å². The summed E-state index contributed by atoms with van der Waals surface area (Å²) >= 11 is 0. The zero-order valence-electron chi connectivity index (χ0n) is 15.4. The highest BCUT2D eigenvalue weighted by Crippen LogP contribution is 2.10. The molecule has 0 aliphatic carbocycles. The van der Waals surface area contributed by atoms with Crippen LogP contribution in [-0.4, -0.2) is 29.0 Å². The van der Waals surface area contributed by atoms with Gasteiger partial charge in [-0.1, -0.05) is 35.9 Å².